The number of likely N-dealkylation sites (tertiary alicyclic amines) is 1. The van der Waals surface area contributed by atoms with Crippen molar-refractivity contribution in [2.24, 2.45) is 7.05 Å². The van der Waals surface area contributed by atoms with Gasteiger partial charge in [0.2, 0.25) is 5.91 Å². The van der Waals surface area contributed by atoms with E-state index in [1.54, 1.807) is 0 Å². The number of carbonyl (C=O) groups is 1. The number of aromatic nitrogens is 3. The molecule has 0 aliphatic carbocycles. The molecule has 4 rings (SSSR count). The monoisotopic (exact) mass is 336 g/mol. The molecular weight excluding hydrogens is 312 g/mol. The molecule has 0 N–H and O–H groups in total. The normalized spacial score (nSPS) is 17.6. The molecule has 0 radical (unpaired) electrons. The van der Waals surface area contributed by atoms with Gasteiger partial charge in [-0.05, 0) is 44.2 Å². The van der Waals surface area contributed by atoms with Crippen molar-refractivity contribution in [3.05, 3.63) is 53.5 Å². The van der Waals surface area contributed by atoms with Crippen molar-refractivity contribution in [3.8, 4) is 0 Å². The predicted molar refractivity (Wildman–Crippen MR) is 98.3 cm³/mol. The molecule has 1 saturated heterocycles. The van der Waals surface area contributed by atoms with Gasteiger partial charge in [0.15, 0.2) is 0 Å². The van der Waals surface area contributed by atoms with Crippen LogP contribution in [0.2, 0.25) is 0 Å². The molecule has 5 heteroatoms. The summed E-state index contributed by atoms with van der Waals surface area (Å²) in [6, 6.07) is 10.4. The molecule has 0 unspecified atom stereocenters. The van der Waals surface area contributed by atoms with E-state index in [0.29, 0.717) is 6.54 Å². The summed E-state index contributed by atoms with van der Waals surface area (Å²) < 4.78 is 3.97. The molecule has 1 fully saturated rings. The molecule has 0 saturated carbocycles. The Bertz CT molecular complexity index is 936. The molecule has 1 aliphatic heterocycles. The van der Waals surface area contributed by atoms with E-state index in [-0.39, 0.29) is 11.9 Å². The van der Waals surface area contributed by atoms with Gasteiger partial charge >= 0.3 is 0 Å². The van der Waals surface area contributed by atoms with Crippen molar-refractivity contribution in [2.75, 3.05) is 6.54 Å². The Labute approximate surface area is 147 Å². The Balaban J connectivity index is 1.61. The standard InChI is InChI=1S/C20H24N4O/c1-14-20(15(2)22(3)21-14)18-9-6-11-24(18)19(25)13-23-12-10-16-7-4-5-8-17(16)23/h4-5,7-8,10,12,18H,6,9,11,13H2,1-3H3/t18-/m1/s1. The van der Waals surface area contributed by atoms with Crippen LogP contribution in [0.15, 0.2) is 36.5 Å². The zero-order chi connectivity index (χ0) is 17.6. The quantitative estimate of drug-likeness (QED) is 0.736. The van der Waals surface area contributed by atoms with E-state index < -0.39 is 0 Å². The van der Waals surface area contributed by atoms with Gasteiger partial charge in [-0.25, -0.2) is 0 Å². The van der Waals surface area contributed by atoms with Crippen molar-refractivity contribution >= 4 is 16.8 Å². The Hall–Kier alpha value is -2.56. The van der Waals surface area contributed by atoms with E-state index >= 15 is 0 Å². The maximum Gasteiger partial charge on any atom is 0.243 e. The van der Waals surface area contributed by atoms with Crippen LogP contribution in [0.25, 0.3) is 10.9 Å². The van der Waals surface area contributed by atoms with Crippen molar-refractivity contribution < 1.29 is 4.79 Å². The Morgan fingerprint density at radius 3 is 2.80 bits per heavy atom. The first kappa shape index (κ1) is 15.9. The fourth-order valence-electron chi connectivity index (χ4n) is 4.15. The SMILES string of the molecule is Cc1nn(C)c(C)c1[C@H]1CCCN1C(=O)Cn1ccc2ccccc21. The van der Waals surface area contributed by atoms with Crippen LogP contribution in [0.4, 0.5) is 0 Å². The summed E-state index contributed by atoms with van der Waals surface area (Å²) in [7, 11) is 1.97. The Morgan fingerprint density at radius 1 is 1.24 bits per heavy atom. The minimum atomic E-state index is 0.156. The van der Waals surface area contributed by atoms with Crippen molar-refractivity contribution in [2.45, 2.75) is 39.3 Å². The molecule has 1 amide bonds. The van der Waals surface area contributed by atoms with Crippen LogP contribution in [-0.4, -0.2) is 31.7 Å². The number of fused-ring (bicyclic) bond motifs is 1. The number of nitrogens with zero attached hydrogens (tertiary/aromatic N) is 4. The topological polar surface area (TPSA) is 43.1 Å². The summed E-state index contributed by atoms with van der Waals surface area (Å²) >= 11 is 0. The number of para-hydroxylation sites is 1. The first-order valence-corrected chi connectivity index (χ1v) is 8.89. The maximum absolute atomic E-state index is 13.0. The third-order valence-corrected chi connectivity index (χ3v) is 5.46. The molecule has 1 aliphatic rings. The third kappa shape index (κ3) is 2.64. The number of aryl methyl sites for hydroxylation is 2. The van der Waals surface area contributed by atoms with Gasteiger partial charge in [0.1, 0.15) is 6.54 Å². The van der Waals surface area contributed by atoms with E-state index in [2.05, 4.69) is 34.8 Å². The van der Waals surface area contributed by atoms with Crippen molar-refractivity contribution in [1.29, 1.82) is 0 Å². The van der Waals surface area contributed by atoms with Gasteiger partial charge in [0, 0.05) is 36.6 Å². The van der Waals surface area contributed by atoms with E-state index in [4.69, 9.17) is 0 Å². The maximum atomic E-state index is 13.0. The highest BCUT2D eigenvalue weighted by Crippen LogP contribution is 2.35. The first-order valence-electron chi connectivity index (χ1n) is 8.89. The molecule has 130 valence electrons. The lowest BCUT2D eigenvalue weighted by molar-refractivity contribution is -0.132. The molecule has 2 aromatic heterocycles. The molecule has 25 heavy (non-hydrogen) atoms. The second-order valence-corrected chi connectivity index (χ2v) is 6.96. The minimum Gasteiger partial charge on any atom is -0.338 e. The van der Waals surface area contributed by atoms with Crippen LogP contribution in [0, 0.1) is 13.8 Å². The van der Waals surface area contributed by atoms with E-state index in [1.807, 2.05) is 41.9 Å². The van der Waals surface area contributed by atoms with Gasteiger partial charge < -0.3 is 9.47 Å². The second kappa shape index (κ2) is 6.06. The highest BCUT2D eigenvalue weighted by molar-refractivity contribution is 5.83. The smallest absolute Gasteiger partial charge is 0.243 e. The molecule has 5 nitrogen and oxygen atoms in total. The molecule has 3 aromatic rings. The largest absolute Gasteiger partial charge is 0.338 e. The molecule has 1 atom stereocenters. The highest BCUT2D eigenvalue weighted by atomic mass is 16.2. The highest BCUT2D eigenvalue weighted by Gasteiger charge is 2.33. The Kier molecular flexibility index (Phi) is 3.86. The molecule has 0 spiro atoms. The van der Waals surface area contributed by atoms with Gasteiger partial charge in [0.25, 0.3) is 0 Å². The summed E-state index contributed by atoms with van der Waals surface area (Å²) in [5.41, 5.74) is 4.54. The number of amides is 1. The lowest BCUT2D eigenvalue weighted by atomic mass is 10.0. The van der Waals surface area contributed by atoms with Crippen molar-refractivity contribution in [3.63, 3.8) is 0 Å². The van der Waals surface area contributed by atoms with Crippen LogP contribution in [0.5, 0.6) is 0 Å². The van der Waals surface area contributed by atoms with Crippen molar-refractivity contribution in [1.82, 2.24) is 19.2 Å². The van der Waals surface area contributed by atoms with Gasteiger partial charge in [-0.3, -0.25) is 9.48 Å². The average molecular weight is 336 g/mol. The fourth-order valence-corrected chi connectivity index (χ4v) is 4.15. The van der Waals surface area contributed by atoms with Gasteiger partial charge in [0.05, 0.1) is 11.7 Å². The lowest BCUT2D eigenvalue weighted by Gasteiger charge is -2.26. The summed E-state index contributed by atoms with van der Waals surface area (Å²) in [6.45, 7) is 5.36. The number of rotatable bonds is 3. The first-order chi connectivity index (χ1) is 12.1. The number of hydrogen-bond acceptors (Lipinski definition) is 2. The van der Waals surface area contributed by atoms with E-state index in [1.165, 1.54) is 10.9 Å². The van der Waals surface area contributed by atoms with Gasteiger partial charge in [-0.1, -0.05) is 18.2 Å². The number of benzene rings is 1. The number of carbonyl (C=O) groups excluding carboxylic acids is 1. The molecular formula is C20H24N4O. The van der Waals surface area contributed by atoms with Crippen LogP contribution in [0.3, 0.4) is 0 Å². The average Bonchev–Trinajstić information content (AvgIpc) is 3.27. The summed E-state index contributed by atoms with van der Waals surface area (Å²) in [4.78, 5) is 15.1. The van der Waals surface area contributed by atoms with E-state index in [9.17, 15) is 4.79 Å². The van der Waals surface area contributed by atoms with Gasteiger partial charge in [-0.15, -0.1) is 0 Å². The zero-order valence-corrected chi connectivity index (χ0v) is 15.1. The minimum absolute atomic E-state index is 0.156. The van der Waals surface area contributed by atoms with Gasteiger partial charge in [-0.2, -0.15) is 5.10 Å². The van der Waals surface area contributed by atoms with Crippen LogP contribution < -0.4 is 0 Å². The lowest BCUT2D eigenvalue weighted by Crippen LogP contribution is -2.33. The molecule has 3 heterocycles. The zero-order valence-electron chi connectivity index (χ0n) is 15.1. The fraction of sp³-hybridized carbons (Fsp3) is 0.400. The summed E-state index contributed by atoms with van der Waals surface area (Å²) in [6.07, 6.45) is 4.08. The summed E-state index contributed by atoms with van der Waals surface area (Å²) in [5.74, 6) is 0.187. The van der Waals surface area contributed by atoms with Crippen LogP contribution in [0.1, 0.15) is 35.8 Å². The second-order valence-electron chi connectivity index (χ2n) is 6.96. The number of hydrogen-bond donors (Lipinski definition) is 0. The van der Waals surface area contributed by atoms with Crippen LogP contribution >= 0.6 is 0 Å². The summed E-state index contributed by atoms with van der Waals surface area (Å²) in [5, 5.41) is 5.71. The predicted octanol–water partition coefficient (Wildman–Crippen LogP) is 3.36. The van der Waals surface area contributed by atoms with Crippen LogP contribution in [-0.2, 0) is 18.4 Å². The molecule has 1 aromatic carbocycles. The Morgan fingerprint density at radius 2 is 2.04 bits per heavy atom. The van der Waals surface area contributed by atoms with E-state index in [0.717, 1.165) is 36.3 Å². The third-order valence-electron chi connectivity index (χ3n) is 5.46. The molecule has 0 bridgehead atoms.